The highest BCUT2D eigenvalue weighted by molar-refractivity contribution is 6.07. The highest BCUT2D eigenvalue weighted by Crippen LogP contribution is 2.42. The van der Waals surface area contributed by atoms with Crippen molar-refractivity contribution in [2.24, 2.45) is 84.6 Å². The number of furan rings is 1. The maximum atomic E-state index is 6.30. The van der Waals surface area contributed by atoms with Gasteiger partial charge in [-0.25, -0.2) is 13.7 Å². The number of hydrogen-bond acceptors (Lipinski definition) is 1. The van der Waals surface area contributed by atoms with Gasteiger partial charge in [0.25, 0.3) is 68.3 Å². The van der Waals surface area contributed by atoms with Crippen molar-refractivity contribution in [1.29, 1.82) is 0 Å². The molecule has 0 atom stereocenters. The third kappa shape index (κ3) is 17.6. The number of benzene rings is 9. The molecule has 0 fully saturated rings. The van der Waals surface area contributed by atoms with Gasteiger partial charge < -0.3 is 4.42 Å². The molecule has 0 unspecified atom stereocenters. The lowest BCUT2D eigenvalue weighted by Crippen LogP contribution is -2.43. The average molecular weight is 1900 g/mol. The smallest absolute Gasteiger partial charge is 0.360 e. The molecule has 0 saturated carbocycles. The normalized spacial score (nSPS) is 11.7. The van der Waals surface area contributed by atoms with Crippen LogP contribution in [0.5, 0.6) is 0 Å². The summed E-state index contributed by atoms with van der Waals surface area (Å²) in [4.78, 5) is 0. The minimum absolute atomic E-state index is 0.392. The number of aromatic nitrogens is 15. The Morgan fingerprint density at radius 1 is 0.222 bits per heavy atom. The molecule has 144 heavy (non-hydrogen) atoms. The van der Waals surface area contributed by atoms with Crippen LogP contribution in [0.4, 0.5) is 0 Å². The van der Waals surface area contributed by atoms with Gasteiger partial charge in [0.2, 0.25) is 5.58 Å². The Bertz CT molecular complexity index is 8630. The average Bonchev–Trinajstić information content (AvgIpc) is 1.56. The standard InChI is InChI=1S/2C36H39N4.C32H37N4.C24H22N3O/c1-24(2)28-16-12-17-29(25(3)4)35(28)40-32-19-11-10-18-30(32)39(7)36(40)33-21-13-20-31(38(33)6)34-22-26-14-8-9-15-27(26)23-37(34)5;1-24(2)27-16-12-17-28(25(3)4)34(27)40-31-19-11-10-18-30(31)39(7)36(40)33-21-13-20-32(38(33)6)35-29-15-9-8-14-26(29)22-23-37(35)5;1-22(2)25-14-10-15-26(23(3)4)30(25)36-21-20-34(6)32(36)29-17-11-16-28(35(29)7)31-27-13-9-8-12-24(27)18-19-33(31)5;1-25-15-7-6-10-19(25)20-11-8-12-21(27(20)3)23-24-18(14-16-26(23)2)17-9-4-5-13-22(17)28-24/h2*8-25H,1-7H3;8-23H,1-7H3;4-16H,1-3H3/q4*+3. The molecule has 0 saturated heterocycles. The Kier molecular flexibility index (Phi) is 27.1. The lowest BCUT2D eigenvalue weighted by Gasteiger charge is -2.18. The quantitative estimate of drug-likeness (QED) is 0.0837. The van der Waals surface area contributed by atoms with Crippen LogP contribution in [0.3, 0.4) is 0 Å². The first-order chi connectivity index (χ1) is 69.5. The molecule has 9 aromatic carbocycles. The molecule has 0 amide bonds. The van der Waals surface area contributed by atoms with E-state index in [-0.39, 0.29) is 0 Å². The highest BCUT2D eigenvalue weighted by Gasteiger charge is 2.42. The molecule has 13 heterocycles. The molecule has 13 aromatic heterocycles. The fourth-order valence-corrected chi connectivity index (χ4v) is 21.9. The number of hydrogen-bond donors (Lipinski definition) is 0. The zero-order chi connectivity index (χ0) is 101. The number of pyridine rings is 9. The second-order valence-corrected chi connectivity index (χ2v) is 40.7. The molecule has 0 aliphatic rings. The molecule has 0 N–H and O–H groups in total. The molecule has 0 radical (unpaired) electrons. The van der Waals surface area contributed by atoms with Gasteiger partial charge >= 0.3 is 23.2 Å². The second kappa shape index (κ2) is 40.2. The monoisotopic (exact) mass is 1900 g/mol. The molecule has 22 aromatic rings. The molecular weight excluding hydrogens is 1760 g/mol. The van der Waals surface area contributed by atoms with Gasteiger partial charge in [-0.05, 0) is 131 Å². The van der Waals surface area contributed by atoms with Crippen molar-refractivity contribution < 1.29 is 59.2 Å². The van der Waals surface area contributed by atoms with Gasteiger partial charge in [-0.2, -0.15) is 54.8 Å². The Balaban J connectivity index is 0.000000122. The van der Waals surface area contributed by atoms with Gasteiger partial charge in [0.15, 0.2) is 53.1 Å². The Morgan fingerprint density at radius 2 is 0.569 bits per heavy atom. The first-order valence-corrected chi connectivity index (χ1v) is 50.8. The predicted octanol–water partition coefficient (Wildman–Crippen LogP) is 22.8. The molecule has 22 rings (SSSR count). The minimum atomic E-state index is 0.392. The molecule has 0 aliphatic carbocycles. The van der Waals surface area contributed by atoms with E-state index in [9.17, 15) is 0 Å². The minimum Gasteiger partial charge on any atom is -0.449 e. The van der Waals surface area contributed by atoms with E-state index in [2.05, 4.69) is 577 Å². The zero-order valence-electron chi connectivity index (χ0n) is 88.1. The van der Waals surface area contributed by atoms with Crippen molar-refractivity contribution >= 4 is 76.3 Å². The summed E-state index contributed by atoms with van der Waals surface area (Å²) in [5.41, 5.74) is 33.9. The van der Waals surface area contributed by atoms with Crippen LogP contribution in [0.1, 0.15) is 152 Å². The van der Waals surface area contributed by atoms with Crippen LogP contribution >= 0.6 is 0 Å². The van der Waals surface area contributed by atoms with E-state index in [0.29, 0.717) is 35.5 Å². The topological polar surface area (TPSA) is 74.5 Å². The number of rotatable bonds is 17. The first kappa shape index (κ1) is 96.9. The Hall–Kier alpha value is -15.9. The van der Waals surface area contributed by atoms with Gasteiger partial charge in [-0.3, -0.25) is 0 Å². The summed E-state index contributed by atoms with van der Waals surface area (Å²) in [5.74, 6) is 5.92. The fraction of sp³-hybridized carbons (Fsp3) is 0.234. The largest absolute Gasteiger partial charge is 0.449 e. The van der Waals surface area contributed by atoms with Crippen molar-refractivity contribution in [3.05, 3.63) is 392 Å². The summed E-state index contributed by atoms with van der Waals surface area (Å²) < 4.78 is 40.9. The van der Waals surface area contributed by atoms with Crippen LogP contribution in [-0.2, 0) is 84.6 Å². The van der Waals surface area contributed by atoms with E-state index in [4.69, 9.17) is 4.42 Å². The van der Waals surface area contributed by atoms with Crippen LogP contribution in [0.15, 0.2) is 363 Å². The number of para-hydroxylation sites is 8. The van der Waals surface area contributed by atoms with Crippen molar-refractivity contribution in [1.82, 2.24) is 13.7 Å². The maximum Gasteiger partial charge on any atom is 0.360 e. The summed E-state index contributed by atoms with van der Waals surface area (Å²) in [5, 5.41) is 9.76. The summed E-state index contributed by atoms with van der Waals surface area (Å²) in [6.45, 7) is 27.5. The van der Waals surface area contributed by atoms with E-state index in [0.717, 1.165) is 61.9 Å². The van der Waals surface area contributed by atoms with Crippen LogP contribution in [0, 0.1) is 0 Å². The van der Waals surface area contributed by atoms with Gasteiger partial charge in [0, 0.05) is 134 Å². The van der Waals surface area contributed by atoms with Gasteiger partial charge in [0.05, 0.1) is 31.9 Å². The fourth-order valence-electron chi connectivity index (χ4n) is 21.9. The zero-order valence-corrected chi connectivity index (χ0v) is 88.1. The maximum absolute atomic E-state index is 6.30. The third-order valence-corrected chi connectivity index (χ3v) is 29.4. The lowest BCUT2D eigenvalue weighted by atomic mass is 9.92. The molecule has 16 heteroatoms. The van der Waals surface area contributed by atoms with E-state index >= 15 is 0 Å². The van der Waals surface area contributed by atoms with Crippen LogP contribution in [0.25, 0.3) is 185 Å². The van der Waals surface area contributed by atoms with Gasteiger partial charge in [-0.15, -0.1) is 0 Å². The summed E-state index contributed by atoms with van der Waals surface area (Å²) >= 11 is 0. The Labute approximate surface area is 847 Å². The lowest BCUT2D eigenvalue weighted by molar-refractivity contribution is -0.697. The SMILES string of the molecule is CC(C)c1cccc(C(C)C)c1-n1c(-c2cccc(-c3c4ccccc4cc[n+]3C)[n+]2C)[n+](C)c2ccccc21.CC(C)c1cccc(C(C)C)c1-n1c(-c2cccc(-c3cc4ccccc4c[n+]3C)[n+]2C)[n+](C)c2ccccc21.CC(C)c1cccc(C(C)C)c1-n1cc[n+](C)c1-c1cccc(-c2c3ccccc3cc[n+]2C)[n+]1C.C[n+]1ccccc1-c1cccc(-c2c3oc4ccccc4c3cc[n+]2C)[n+]1C. The van der Waals surface area contributed by atoms with E-state index in [1.54, 1.807) is 0 Å². The predicted molar refractivity (Wildman–Crippen MR) is 581 cm³/mol. The third-order valence-electron chi connectivity index (χ3n) is 29.4. The second-order valence-electron chi connectivity index (χ2n) is 40.7. The van der Waals surface area contributed by atoms with Crippen molar-refractivity contribution in [3.63, 3.8) is 0 Å². The molecule has 0 bridgehead atoms. The van der Waals surface area contributed by atoms with Crippen LogP contribution < -0.4 is 54.8 Å². The Morgan fingerprint density at radius 3 is 1.04 bits per heavy atom. The summed E-state index contributed by atoms with van der Waals surface area (Å²) in [6, 6.07) is 114. The van der Waals surface area contributed by atoms with Crippen molar-refractivity contribution in [3.8, 4) is 109 Å². The van der Waals surface area contributed by atoms with Crippen LogP contribution in [-0.4, -0.2) is 13.7 Å². The van der Waals surface area contributed by atoms with Gasteiger partial charge in [-0.1, -0.05) is 235 Å². The molecule has 0 aliphatic heterocycles. The molecule has 0 spiro atoms. The summed E-state index contributed by atoms with van der Waals surface area (Å²) in [6.07, 6.45) is 15.1. The highest BCUT2D eigenvalue weighted by atomic mass is 16.3. The summed E-state index contributed by atoms with van der Waals surface area (Å²) in [7, 11) is 25.8. The number of imidazole rings is 3. The first-order valence-electron chi connectivity index (χ1n) is 50.8. The van der Waals surface area contributed by atoms with Crippen molar-refractivity contribution in [2.75, 3.05) is 0 Å². The number of fused-ring (bicyclic) bond motifs is 8. The molecular formula is C128H137N15O+12. The van der Waals surface area contributed by atoms with E-state index in [1.165, 1.54) is 156 Å². The van der Waals surface area contributed by atoms with Gasteiger partial charge in [0.1, 0.15) is 98.5 Å². The van der Waals surface area contributed by atoms with Crippen molar-refractivity contribution in [2.45, 2.75) is 119 Å². The number of aryl methyl sites for hydroxylation is 8. The molecule has 16 nitrogen and oxygen atoms in total. The van der Waals surface area contributed by atoms with Crippen LogP contribution in [0.2, 0.25) is 0 Å². The molecule has 718 valence electrons. The van der Waals surface area contributed by atoms with E-state index < -0.39 is 0 Å². The van der Waals surface area contributed by atoms with E-state index in [1.807, 2.05) is 18.2 Å². The number of nitrogens with zero attached hydrogens (tertiary/aromatic N) is 15.